The van der Waals surface area contributed by atoms with Crippen LogP contribution in [0.3, 0.4) is 0 Å². The Bertz CT molecular complexity index is 355. The zero-order valence-electron chi connectivity index (χ0n) is 10.1. The monoisotopic (exact) mass is 244 g/mol. The highest BCUT2D eigenvalue weighted by atomic mass is 31.0. The maximum Gasteiger partial charge on any atom is 0.283 e. The van der Waals surface area contributed by atoms with Gasteiger partial charge in [-0.15, -0.1) is 0 Å². The fraction of sp³-hybridized carbons (Fsp3) is 0.538. The quantitative estimate of drug-likeness (QED) is 0.629. The normalized spacial score (nSPS) is 18.8. The third-order valence-electron chi connectivity index (χ3n) is 2.91. The lowest BCUT2D eigenvalue weighted by Crippen LogP contribution is -2.03. The van der Waals surface area contributed by atoms with Crippen molar-refractivity contribution in [3.63, 3.8) is 0 Å². The first kappa shape index (κ1) is 13.6. The average molecular weight is 244 g/mol. The SMILES string of the molecule is CC.CC1CCc2ccc(C(F)(F)P)cc21. The molecule has 0 heterocycles. The van der Waals surface area contributed by atoms with Crippen LogP contribution in [0.25, 0.3) is 0 Å². The second kappa shape index (κ2) is 5.23. The Kier molecular flexibility index (Phi) is 4.43. The molecule has 3 heteroatoms. The Labute approximate surface area is 98.6 Å². The molecule has 0 nitrogen and oxygen atoms in total. The highest BCUT2D eigenvalue weighted by Gasteiger charge is 2.27. The fourth-order valence-electron chi connectivity index (χ4n) is 2.02. The Hall–Kier alpha value is -0.490. The zero-order chi connectivity index (χ0) is 12.3. The molecule has 0 amide bonds. The molecule has 2 rings (SSSR count). The van der Waals surface area contributed by atoms with Gasteiger partial charge in [0.25, 0.3) is 5.66 Å². The summed E-state index contributed by atoms with van der Waals surface area (Å²) in [5, 5.41) is 0. The fourth-order valence-corrected chi connectivity index (χ4v) is 2.20. The molecule has 16 heavy (non-hydrogen) atoms. The van der Waals surface area contributed by atoms with Crippen LogP contribution in [0.2, 0.25) is 0 Å². The van der Waals surface area contributed by atoms with Gasteiger partial charge in [-0.3, -0.25) is 0 Å². The maximum absolute atomic E-state index is 13.0. The number of hydrogen-bond donors (Lipinski definition) is 0. The van der Waals surface area contributed by atoms with Gasteiger partial charge in [-0.1, -0.05) is 42.1 Å². The molecular formula is C13H19F2P. The summed E-state index contributed by atoms with van der Waals surface area (Å²) in [7, 11) is 1.59. The summed E-state index contributed by atoms with van der Waals surface area (Å²) in [6.45, 7) is 6.09. The van der Waals surface area contributed by atoms with Crippen LogP contribution >= 0.6 is 9.24 Å². The summed E-state index contributed by atoms with van der Waals surface area (Å²) in [6, 6.07) is 5.02. The number of alkyl halides is 2. The predicted molar refractivity (Wildman–Crippen MR) is 68.1 cm³/mol. The molecule has 0 bridgehead atoms. The van der Waals surface area contributed by atoms with Crippen LogP contribution in [0.4, 0.5) is 8.78 Å². The Morgan fingerprint density at radius 2 is 1.94 bits per heavy atom. The van der Waals surface area contributed by atoms with Gasteiger partial charge in [-0.25, -0.2) is 0 Å². The molecule has 2 unspecified atom stereocenters. The first-order valence-corrected chi connectivity index (χ1v) is 6.36. The highest BCUT2D eigenvalue weighted by molar-refractivity contribution is 7.17. The molecule has 1 aromatic carbocycles. The molecule has 0 saturated heterocycles. The standard InChI is InChI=1S/C11H13F2P.C2H6/c1-7-2-3-8-4-5-9(6-10(7)8)11(12,13)14;1-2/h4-7H,2-3,14H2,1H3;1-2H3. The van der Waals surface area contributed by atoms with Gasteiger partial charge in [-0.05, 0) is 36.0 Å². The summed E-state index contributed by atoms with van der Waals surface area (Å²) in [6.07, 6.45) is 2.11. The van der Waals surface area contributed by atoms with E-state index in [1.807, 2.05) is 19.9 Å². The van der Waals surface area contributed by atoms with Crippen molar-refractivity contribution in [1.82, 2.24) is 0 Å². The number of benzene rings is 1. The van der Waals surface area contributed by atoms with E-state index in [1.165, 1.54) is 11.6 Å². The molecular weight excluding hydrogens is 225 g/mol. The molecule has 0 aliphatic heterocycles. The Balaban J connectivity index is 0.000000606. The van der Waals surface area contributed by atoms with Crippen LogP contribution in [0.1, 0.15) is 49.8 Å². The van der Waals surface area contributed by atoms with E-state index in [0.717, 1.165) is 18.4 Å². The van der Waals surface area contributed by atoms with E-state index in [2.05, 4.69) is 6.92 Å². The minimum absolute atomic E-state index is 0.106. The number of hydrogen-bond acceptors (Lipinski definition) is 0. The first-order valence-electron chi connectivity index (χ1n) is 5.78. The van der Waals surface area contributed by atoms with Gasteiger partial charge in [0.1, 0.15) is 0 Å². The van der Waals surface area contributed by atoms with Crippen molar-refractivity contribution in [2.75, 3.05) is 0 Å². The van der Waals surface area contributed by atoms with Gasteiger partial charge in [-0.2, -0.15) is 8.78 Å². The lowest BCUT2D eigenvalue weighted by molar-refractivity contribution is 0.104. The maximum atomic E-state index is 13.0. The third kappa shape index (κ3) is 2.79. The Morgan fingerprint density at radius 1 is 1.31 bits per heavy atom. The number of rotatable bonds is 1. The summed E-state index contributed by atoms with van der Waals surface area (Å²) in [4.78, 5) is 0. The lowest BCUT2D eigenvalue weighted by Gasteiger charge is -2.13. The summed E-state index contributed by atoms with van der Waals surface area (Å²) < 4.78 is 26.0. The molecule has 0 aromatic heterocycles. The molecule has 0 radical (unpaired) electrons. The van der Waals surface area contributed by atoms with Crippen molar-refractivity contribution in [3.05, 3.63) is 34.9 Å². The van der Waals surface area contributed by atoms with Crippen LogP contribution in [-0.4, -0.2) is 0 Å². The van der Waals surface area contributed by atoms with E-state index in [0.29, 0.717) is 5.92 Å². The van der Waals surface area contributed by atoms with E-state index < -0.39 is 5.66 Å². The number of halogens is 2. The molecule has 1 aromatic rings. The van der Waals surface area contributed by atoms with Crippen LogP contribution in [0.5, 0.6) is 0 Å². The van der Waals surface area contributed by atoms with Crippen molar-refractivity contribution >= 4 is 9.24 Å². The van der Waals surface area contributed by atoms with Gasteiger partial charge in [0.05, 0.1) is 0 Å². The van der Waals surface area contributed by atoms with Crippen LogP contribution in [0, 0.1) is 0 Å². The Morgan fingerprint density at radius 3 is 2.50 bits per heavy atom. The minimum Gasteiger partial charge on any atom is -0.197 e. The summed E-state index contributed by atoms with van der Waals surface area (Å²) >= 11 is 0. The first-order chi connectivity index (χ1) is 7.48. The molecule has 0 saturated carbocycles. The van der Waals surface area contributed by atoms with Crippen LogP contribution < -0.4 is 0 Å². The number of fused-ring (bicyclic) bond motifs is 1. The van der Waals surface area contributed by atoms with Crippen molar-refractivity contribution in [2.45, 2.75) is 45.2 Å². The molecule has 0 fully saturated rings. The van der Waals surface area contributed by atoms with E-state index in [1.54, 1.807) is 15.3 Å². The van der Waals surface area contributed by atoms with Gasteiger partial charge in [0.15, 0.2) is 0 Å². The second-order valence-electron chi connectivity index (χ2n) is 3.98. The average Bonchev–Trinajstić information content (AvgIpc) is 2.62. The topological polar surface area (TPSA) is 0 Å². The molecule has 1 aliphatic rings. The lowest BCUT2D eigenvalue weighted by atomic mass is 10.0. The van der Waals surface area contributed by atoms with Crippen molar-refractivity contribution in [1.29, 1.82) is 0 Å². The van der Waals surface area contributed by atoms with E-state index in [4.69, 9.17) is 0 Å². The second-order valence-corrected chi connectivity index (χ2v) is 4.70. The summed E-state index contributed by atoms with van der Waals surface area (Å²) in [5.74, 6) is 0.428. The van der Waals surface area contributed by atoms with E-state index in [-0.39, 0.29) is 5.56 Å². The third-order valence-corrected chi connectivity index (χ3v) is 3.24. The summed E-state index contributed by atoms with van der Waals surface area (Å²) in [5.41, 5.74) is -0.354. The molecule has 0 spiro atoms. The van der Waals surface area contributed by atoms with Crippen molar-refractivity contribution in [2.24, 2.45) is 0 Å². The molecule has 1 aliphatic carbocycles. The van der Waals surface area contributed by atoms with Gasteiger partial charge >= 0.3 is 0 Å². The van der Waals surface area contributed by atoms with E-state index >= 15 is 0 Å². The van der Waals surface area contributed by atoms with Gasteiger partial charge in [0.2, 0.25) is 0 Å². The molecule has 90 valence electrons. The smallest absolute Gasteiger partial charge is 0.197 e. The van der Waals surface area contributed by atoms with Gasteiger partial charge in [0, 0.05) is 5.56 Å². The van der Waals surface area contributed by atoms with Crippen molar-refractivity contribution in [3.8, 4) is 0 Å². The van der Waals surface area contributed by atoms with Gasteiger partial charge < -0.3 is 0 Å². The molecule has 2 atom stereocenters. The molecule has 0 N–H and O–H groups in total. The minimum atomic E-state index is -2.79. The van der Waals surface area contributed by atoms with Crippen LogP contribution in [0.15, 0.2) is 18.2 Å². The number of aryl methyl sites for hydroxylation is 1. The van der Waals surface area contributed by atoms with Crippen molar-refractivity contribution < 1.29 is 8.78 Å². The highest BCUT2D eigenvalue weighted by Crippen LogP contribution is 2.39. The largest absolute Gasteiger partial charge is 0.283 e. The predicted octanol–water partition coefficient (Wildman–Crippen LogP) is 4.69. The van der Waals surface area contributed by atoms with Crippen LogP contribution in [-0.2, 0) is 12.1 Å². The van der Waals surface area contributed by atoms with E-state index in [9.17, 15) is 8.78 Å². The zero-order valence-corrected chi connectivity index (χ0v) is 11.2.